The number of aromatic nitrogens is 2. The van der Waals surface area contributed by atoms with Gasteiger partial charge in [0.2, 0.25) is 0 Å². The smallest absolute Gasteiger partial charge is 0.158 e. The third kappa shape index (κ3) is 5.05. The van der Waals surface area contributed by atoms with E-state index in [1.807, 2.05) is 0 Å². The highest BCUT2D eigenvalue weighted by Gasteiger charge is 2.06. The molecule has 0 spiro atoms. The zero-order valence-corrected chi connectivity index (χ0v) is 11.0. The highest BCUT2D eigenvalue weighted by Crippen LogP contribution is 2.09. The lowest BCUT2D eigenvalue weighted by atomic mass is 10.3. The van der Waals surface area contributed by atoms with E-state index in [-0.39, 0.29) is 10.7 Å². The normalized spacial score (nSPS) is 11.1. The average Bonchev–Trinajstić information content (AvgIpc) is 2.23. The molecule has 3 N–H and O–H groups in total. The minimum absolute atomic E-state index is 0.128. The van der Waals surface area contributed by atoms with E-state index in [9.17, 15) is 8.42 Å². The summed E-state index contributed by atoms with van der Waals surface area (Å²) >= 11 is 4.86. The Kier molecular flexibility index (Phi) is 4.76. The first-order chi connectivity index (χ1) is 7.90. The molecule has 94 valence electrons. The van der Waals surface area contributed by atoms with E-state index in [1.54, 1.807) is 6.07 Å². The summed E-state index contributed by atoms with van der Waals surface area (Å²) in [5.74, 6) is 0.608. The molecule has 0 atom stereocenters. The van der Waals surface area contributed by atoms with Crippen LogP contribution < -0.4 is 11.1 Å². The maximum atomic E-state index is 10.9. The molecule has 0 radical (unpaired) electrons. The quantitative estimate of drug-likeness (QED) is 0.554. The fourth-order valence-electron chi connectivity index (χ4n) is 1.20. The lowest BCUT2D eigenvalue weighted by Crippen LogP contribution is -2.16. The summed E-state index contributed by atoms with van der Waals surface area (Å²) in [7, 11) is -2.93. The molecule has 0 amide bonds. The van der Waals surface area contributed by atoms with E-state index in [4.69, 9.17) is 18.0 Å². The van der Waals surface area contributed by atoms with Gasteiger partial charge in [-0.2, -0.15) is 5.10 Å². The van der Waals surface area contributed by atoms with E-state index in [0.717, 1.165) is 0 Å². The summed E-state index contributed by atoms with van der Waals surface area (Å²) in [4.78, 5) is 0.227. The van der Waals surface area contributed by atoms with Crippen molar-refractivity contribution in [2.75, 3.05) is 23.9 Å². The van der Waals surface area contributed by atoms with Gasteiger partial charge in [0, 0.05) is 12.8 Å². The predicted octanol–water partition coefficient (Wildman–Crippen LogP) is -0.0426. The highest BCUT2D eigenvalue weighted by atomic mass is 32.2. The van der Waals surface area contributed by atoms with Gasteiger partial charge in [0.1, 0.15) is 14.8 Å². The van der Waals surface area contributed by atoms with E-state index in [1.165, 1.54) is 12.5 Å². The maximum Gasteiger partial charge on any atom is 0.158 e. The van der Waals surface area contributed by atoms with Crippen LogP contribution in [0, 0.1) is 0 Å². The number of sulfone groups is 1. The molecule has 0 aliphatic carbocycles. The van der Waals surface area contributed by atoms with Crippen LogP contribution in [0.1, 0.15) is 12.0 Å². The van der Waals surface area contributed by atoms with Crippen molar-refractivity contribution in [2.45, 2.75) is 6.42 Å². The Bertz CT molecular complexity index is 501. The predicted molar refractivity (Wildman–Crippen MR) is 70.7 cm³/mol. The molecule has 1 heterocycles. The highest BCUT2D eigenvalue weighted by molar-refractivity contribution is 7.90. The molecule has 0 aliphatic heterocycles. The molecule has 17 heavy (non-hydrogen) atoms. The molecular formula is C9H14N4O2S2. The molecule has 0 saturated carbocycles. The Hall–Kier alpha value is -1.28. The van der Waals surface area contributed by atoms with Crippen molar-refractivity contribution < 1.29 is 8.42 Å². The van der Waals surface area contributed by atoms with Crippen LogP contribution in [0.15, 0.2) is 12.3 Å². The first-order valence-corrected chi connectivity index (χ1v) is 7.40. The van der Waals surface area contributed by atoms with Gasteiger partial charge in [0.05, 0.1) is 17.5 Å². The van der Waals surface area contributed by atoms with Gasteiger partial charge < -0.3 is 11.1 Å². The third-order valence-electron chi connectivity index (χ3n) is 1.97. The number of hydrogen-bond acceptors (Lipinski definition) is 6. The Morgan fingerprint density at radius 1 is 1.59 bits per heavy atom. The van der Waals surface area contributed by atoms with E-state index in [0.29, 0.717) is 24.3 Å². The first-order valence-electron chi connectivity index (χ1n) is 4.93. The molecular weight excluding hydrogens is 260 g/mol. The molecule has 1 aromatic rings. The van der Waals surface area contributed by atoms with Crippen LogP contribution in [0.5, 0.6) is 0 Å². The largest absolute Gasteiger partial charge is 0.389 e. The fraction of sp³-hybridized carbons (Fsp3) is 0.444. The second-order valence-electron chi connectivity index (χ2n) is 3.57. The van der Waals surface area contributed by atoms with Gasteiger partial charge in [-0.15, -0.1) is 5.10 Å². The van der Waals surface area contributed by atoms with Gasteiger partial charge in [-0.25, -0.2) is 8.42 Å². The Balaban J connectivity index is 2.55. The fourth-order valence-corrected chi connectivity index (χ4v) is 2.04. The Morgan fingerprint density at radius 2 is 2.29 bits per heavy atom. The lowest BCUT2D eigenvalue weighted by molar-refractivity contribution is 0.600. The zero-order chi connectivity index (χ0) is 12.9. The van der Waals surface area contributed by atoms with Crippen molar-refractivity contribution in [3.63, 3.8) is 0 Å². The number of anilines is 1. The summed E-state index contributed by atoms with van der Waals surface area (Å²) in [5.41, 5.74) is 6.12. The van der Waals surface area contributed by atoms with Crippen LogP contribution in [-0.4, -0.2) is 42.2 Å². The molecule has 0 aromatic carbocycles. The van der Waals surface area contributed by atoms with Gasteiger partial charge in [-0.1, -0.05) is 12.2 Å². The van der Waals surface area contributed by atoms with Crippen molar-refractivity contribution in [1.29, 1.82) is 0 Å². The van der Waals surface area contributed by atoms with Gasteiger partial charge in [-0.05, 0) is 12.5 Å². The Labute approximate surface area is 106 Å². The van der Waals surface area contributed by atoms with Crippen molar-refractivity contribution in [3.8, 4) is 0 Å². The molecule has 8 heteroatoms. The van der Waals surface area contributed by atoms with Crippen LogP contribution in [0.4, 0.5) is 5.82 Å². The number of nitrogens with two attached hydrogens (primary N) is 1. The van der Waals surface area contributed by atoms with Crippen molar-refractivity contribution in [2.24, 2.45) is 5.73 Å². The summed E-state index contributed by atoms with van der Waals surface area (Å²) in [6.45, 7) is 0.474. The molecule has 1 rings (SSSR count). The Morgan fingerprint density at radius 3 is 2.88 bits per heavy atom. The molecule has 0 unspecified atom stereocenters. The number of hydrogen-bond donors (Lipinski definition) is 2. The number of nitrogens with zero attached hydrogens (tertiary/aromatic N) is 2. The standard InChI is InChI=1S/C9H14N4O2S2/c1-17(14,15)6-2-4-11-9-7(8(10)16)3-5-12-13-9/h3,5H,2,4,6H2,1H3,(H2,10,16)(H,11,13). The van der Waals surface area contributed by atoms with Crippen LogP contribution >= 0.6 is 12.2 Å². The molecule has 0 bridgehead atoms. The van der Waals surface area contributed by atoms with Gasteiger partial charge in [0.15, 0.2) is 5.82 Å². The third-order valence-corrected chi connectivity index (χ3v) is 3.22. The van der Waals surface area contributed by atoms with Gasteiger partial charge in [0.25, 0.3) is 0 Å². The zero-order valence-electron chi connectivity index (χ0n) is 9.38. The molecule has 1 aromatic heterocycles. The lowest BCUT2D eigenvalue weighted by Gasteiger charge is -2.08. The number of nitrogens with one attached hydrogen (secondary N) is 1. The second kappa shape index (κ2) is 5.87. The molecule has 0 fully saturated rings. The van der Waals surface area contributed by atoms with Gasteiger partial charge >= 0.3 is 0 Å². The van der Waals surface area contributed by atoms with Crippen LogP contribution in [0.25, 0.3) is 0 Å². The van der Waals surface area contributed by atoms with E-state index >= 15 is 0 Å². The second-order valence-corrected chi connectivity index (χ2v) is 6.27. The molecule has 6 nitrogen and oxygen atoms in total. The van der Waals surface area contributed by atoms with Gasteiger partial charge in [-0.3, -0.25) is 0 Å². The summed E-state index contributed by atoms with van der Waals surface area (Å²) in [5, 5.41) is 10.5. The summed E-state index contributed by atoms with van der Waals surface area (Å²) < 4.78 is 21.8. The maximum absolute atomic E-state index is 10.9. The van der Waals surface area contributed by atoms with E-state index in [2.05, 4.69) is 15.5 Å². The molecule has 0 aliphatic rings. The summed E-state index contributed by atoms with van der Waals surface area (Å²) in [6.07, 6.45) is 3.19. The minimum atomic E-state index is -2.93. The van der Waals surface area contributed by atoms with Crippen LogP contribution in [0.2, 0.25) is 0 Å². The molecule has 0 saturated heterocycles. The minimum Gasteiger partial charge on any atom is -0.389 e. The number of thiocarbonyl (C=S) groups is 1. The van der Waals surface area contributed by atoms with Crippen molar-refractivity contribution in [1.82, 2.24) is 10.2 Å². The monoisotopic (exact) mass is 274 g/mol. The van der Waals surface area contributed by atoms with Crippen LogP contribution in [0.3, 0.4) is 0 Å². The average molecular weight is 274 g/mol. The van der Waals surface area contributed by atoms with Crippen molar-refractivity contribution in [3.05, 3.63) is 17.8 Å². The van der Waals surface area contributed by atoms with E-state index < -0.39 is 9.84 Å². The topological polar surface area (TPSA) is 98.0 Å². The van der Waals surface area contributed by atoms with Crippen molar-refractivity contribution >= 4 is 32.9 Å². The first kappa shape index (κ1) is 13.8. The number of rotatable bonds is 6. The summed E-state index contributed by atoms with van der Waals surface area (Å²) in [6, 6.07) is 1.66. The SMILES string of the molecule is CS(=O)(=O)CCCNc1nnccc1C(N)=S. The van der Waals surface area contributed by atoms with Crippen LogP contribution in [-0.2, 0) is 9.84 Å².